The Labute approximate surface area is 102 Å². The molecule has 1 aromatic carbocycles. The van der Waals surface area contributed by atoms with Gasteiger partial charge in [-0.05, 0) is 18.2 Å². The predicted octanol–water partition coefficient (Wildman–Crippen LogP) is 1.41. The molecular formula is C13H9FN2O2. The van der Waals surface area contributed by atoms with E-state index in [4.69, 9.17) is 0 Å². The first-order chi connectivity index (χ1) is 8.64. The second-order valence-electron chi connectivity index (χ2n) is 4.04. The van der Waals surface area contributed by atoms with Gasteiger partial charge in [-0.2, -0.15) is 0 Å². The van der Waals surface area contributed by atoms with Crippen LogP contribution in [-0.2, 0) is 10.4 Å². The van der Waals surface area contributed by atoms with Crippen LogP contribution in [-0.4, -0.2) is 16.0 Å². The highest BCUT2D eigenvalue weighted by atomic mass is 19.1. The van der Waals surface area contributed by atoms with E-state index in [0.29, 0.717) is 11.3 Å². The molecule has 3 rings (SSSR count). The van der Waals surface area contributed by atoms with Crippen LogP contribution in [0, 0.1) is 5.82 Å². The maximum atomic E-state index is 13.8. The van der Waals surface area contributed by atoms with Crippen molar-refractivity contribution in [1.29, 1.82) is 0 Å². The van der Waals surface area contributed by atoms with Gasteiger partial charge in [0, 0.05) is 17.4 Å². The summed E-state index contributed by atoms with van der Waals surface area (Å²) in [5.41, 5.74) is -1.57. The van der Waals surface area contributed by atoms with E-state index in [1.54, 1.807) is 24.3 Å². The maximum Gasteiger partial charge on any atom is 0.267 e. The van der Waals surface area contributed by atoms with Gasteiger partial charge >= 0.3 is 0 Å². The van der Waals surface area contributed by atoms with Crippen LogP contribution in [0.1, 0.15) is 11.3 Å². The SMILES string of the molecule is O=C1Nc2ccccc2C1(O)c1ncccc1F. The fraction of sp³-hybridized carbons (Fsp3) is 0.0769. The van der Waals surface area contributed by atoms with E-state index >= 15 is 0 Å². The fourth-order valence-corrected chi connectivity index (χ4v) is 2.13. The number of nitrogens with zero attached hydrogens (tertiary/aromatic N) is 1. The lowest BCUT2D eigenvalue weighted by molar-refractivity contribution is -0.130. The van der Waals surface area contributed by atoms with Crippen LogP contribution in [0.15, 0.2) is 42.6 Å². The third kappa shape index (κ3) is 1.28. The van der Waals surface area contributed by atoms with Crippen molar-refractivity contribution in [2.24, 2.45) is 0 Å². The van der Waals surface area contributed by atoms with Crippen LogP contribution in [0.5, 0.6) is 0 Å². The molecule has 4 nitrogen and oxygen atoms in total. The van der Waals surface area contributed by atoms with E-state index in [-0.39, 0.29) is 5.69 Å². The van der Waals surface area contributed by atoms with Crippen molar-refractivity contribution in [2.75, 3.05) is 5.32 Å². The number of aromatic nitrogens is 1. The number of rotatable bonds is 1. The predicted molar refractivity (Wildman–Crippen MR) is 62.3 cm³/mol. The van der Waals surface area contributed by atoms with E-state index in [1.807, 2.05) is 0 Å². The van der Waals surface area contributed by atoms with Gasteiger partial charge in [-0.3, -0.25) is 9.78 Å². The van der Waals surface area contributed by atoms with Crippen molar-refractivity contribution in [3.05, 3.63) is 59.7 Å². The number of aliphatic hydroxyl groups is 1. The molecule has 18 heavy (non-hydrogen) atoms. The largest absolute Gasteiger partial charge is 0.370 e. The lowest BCUT2D eigenvalue weighted by atomic mass is 9.91. The van der Waals surface area contributed by atoms with Crippen molar-refractivity contribution >= 4 is 11.6 Å². The van der Waals surface area contributed by atoms with Gasteiger partial charge in [0.1, 0.15) is 11.5 Å². The second kappa shape index (κ2) is 3.61. The molecule has 0 spiro atoms. The monoisotopic (exact) mass is 244 g/mol. The minimum atomic E-state index is -2.07. The van der Waals surface area contributed by atoms with Gasteiger partial charge in [-0.25, -0.2) is 4.39 Å². The maximum absolute atomic E-state index is 13.8. The molecule has 0 bridgehead atoms. The highest BCUT2D eigenvalue weighted by molar-refractivity contribution is 6.06. The molecule has 1 aliphatic heterocycles. The Kier molecular flexibility index (Phi) is 2.18. The summed E-state index contributed by atoms with van der Waals surface area (Å²) in [6.07, 6.45) is 1.34. The third-order valence-electron chi connectivity index (χ3n) is 2.99. The van der Waals surface area contributed by atoms with Gasteiger partial charge in [-0.1, -0.05) is 18.2 Å². The highest BCUT2D eigenvalue weighted by Gasteiger charge is 2.49. The van der Waals surface area contributed by atoms with Crippen LogP contribution in [0.2, 0.25) is 0 Å². The molecule has 0 saturated carbocycles. The van der Waals surface area contributed by atoms with Crippen molar-refractivity contribution in [2.45, 2.75) is 5.60 Å². The lowest BCUT2D eigenvalue weighted by Gasteiger charge is -2.20. The van der Waals surface area contributed by atoms with Crippen molar-refractivity contribution < 1.29 is 14.3 Å². The number of carbonyl (C=O) groups excluding carboxylic acids is 1. The van der Waals surface area contributed by atoms with Crippen molar-refractivity contribution in [3.63, 3.8) is 0 Å². The Bertz CT molecular complexity index is 644. The van der Waals surface area contributed by atoms with E-state index < -0.39 is 17.3 Å². The van der Waals surface area contributed by atoms with E-state index in [2.05, 4.69) is 10.3 Å². The van der Waals surface area contributed by atoms with Crippen LogP contribution in [0.4, 0.5) is 10.1 Å². The Hall–Kier alpha value is -2.27. The average Bonchev–Trinajstić information content (AvgIpc) is 2.63. The Morgan fingerprint density at radius 3 is 2.78 bits per heavy atom. The zero-order valence-corrected chi connectivity index (χ0v) is 9.22. The number of nitrogens with one attached hydrogen (secondary N) is 1. The Balaban J connectivity index is 2.27. The smallest absolute Gasteiger partial charge is 0.267 e. The number of para-hydroxylation sites is 1. The van der Waals surface area contributed by atoms with Gasteiger partial charge in [0.15, 0.2) is 0 Å². The molecule has 1 aliphatic rings. The summed E-state index contributed by atoms with van der Waals surface area (Å²) in [5, 5.41) is 13.1. The molecular weight excluding hydrogens is 235 g/mol. The molecule has 2 aromatic rings. The molecule has 1 amide bonds. The average molecular weight is 244 g/mol. The first-order valence-corrected chi connectivity index (χ1v) is 5.38. The standard InChI is InChI=1S/C13H9FN2O2/c14-9-5-3-7-15-11(9)13(18)8-4-1-2-6-10(8)16-12(13)17/h1-7,18H,(H,16,17). The van der Waals surface area contributed by atoms with Crippen molar-refractivity contribution in [3.8, 4) is 0 Å². The molecule has 0 saturated heterocycles. The minimum absolute atomic E-state index is 0.285. The molecule has 5 heteroatoms. The van der Waals surface area contributed by atoms with Crippen LogP contribution in [0.3, 0.4) is 0 Å². The number of hydrogen-bond acceptors (Lipinski definition) is 3. The number of fused-ring (bicyclic) bond motifs is 1. The summed E-state index contributed by atoms with van der Waals surface area (Å²) in [4.78, 5) is 15.7. The summed E-state index contributed by atoms with van der Waals surface area (Å²) in [7, 11) is 0. The fourth-order valence-electron chi connectivity index (χ4n) is 2.13. The topological polar surface area (TPSA) is 62.2 Å². The zero-order valence-electron chi connectivity index (χ0n) is 9.22. The molecule has 1 aromatic heterocycles. The Morgan fingerprint density at radius 1 is 1.22 bits per heavy atom. The van der Waals surface area contributed by atoms with Gasteiger partial charge in [0.05, 0.1) is 0 Å². The quantitative estimate of drug-likeness (QED) is 0.797. The van der Waals surface area contributed by atoms with Gasteiger partial charge in [-0.15, -0.1) is 0 Å². The summed E-state index contributed by atoms with van der Waals surface area (Å²) >= 11 is 0. The van der Waals surface area contributed by atoms with E-state index in [1.165, 1.54) is 12.3 Å². The van der Waals surface area contributed by atoms with Gasteiger partial charge in [0.2, 0.25) is 5.60 Å². The molecule has 2 N–H and O–H groups in total. The van der Waals surface area contributed by atoms with E-state index in [0.717, 1.165) is 6.07 Å². The summed E-state index contributed by atoms with van der Waals surface area (Å²) in [5.74, 6) is -1.41. The number of anilines is 1. The first kappa shape index (κ1) is 10.9. The van der Waals surface area contributed by atoms with Gasteiger partial charge in [0.25, 0.3) is 5.91 Å². The molecule has 1 unspecified atom stereocenters. The number of amides is 1. The third-order valence-corrected chi connectivity index (χ3v) is 2.99. The molecule has 90 valence electrons. The number of halogens is 1. The first-order valence-electron chi connectivity index (χ1n) is 5.38. The van der Waals surface area contributed by atoms with Crippen LogP contribution >= 0.6 is 0 Å². The van der Waals surface area contributed by atoms with Crippen LogP contribution in [0.25, 0.3) is 0 Å². The molecule has 0 aliphatic carbocycles. The lowest BCUT2D eigenvalue weighted by Crippen LogP contribution is -2.37. The van der Waals surface area contributed by atoms with E-state index in [9.17, 15) is 14.3 Å². The molecule has 1 atom stereocenters. The Morgan fingerprint density at radius 2 is 2.00 bits per heavy atom. The minimum Gasteiger partial charge on any atom is -0.370 e. The number of benzene rings is 1. The summed E-state index contributed by atoms with van der Waals surface area (Å²) in [6, 6.07) is 9.17. The number of hydrogen-bond donors (Lipinski definition) is 2. The molecule has 0 fully saturated rings. The normalized spacial score (nSPS) is 21.6. The number of carbonyl (C=O) groups is 1. The van der Waals surface area contributed by atoms with Crippen LogP contribution < -0.4 is 5.32 Å². The van der Waals surface area contributed by atoms with Crippen molar-refractivity contribution in [1.82, 2.24) is 4.98 Å². The van der Waals surface area contributed by atoms with Gasteiger partial charge < -0.3 is 10.4 Å². The second-order valence-corrected chi connectivity index (χ2v) is 4.04. The molecule has 2 heterocycles. The highest BCUT2D eigenvalue weighted by Crippen LogP contribution is 2.40. The zero-order chi connectivity index (χ0) is 12.8. The molecule has 0 radical (unpaired) electrons. The summed E-state index contributed by atoms with van der Waals surface area (Å²) < 4.78 is 13.8. The number of pyridine rings is 1. The summed E-state index contributed by atoms with van der Waals surface area (Å²) in [6.45, 7) is 0.